The minimum absolute atomic E-state index is 0.199. The predicted octanol–water partition coefficient (Wildman–Crippen LogP) is 5.88. The van der Waals surface area contributed by atoms with Crippen LogP contribution in [0.15, 0.2) is 42.5 Å². The minimum Gasteiger partial charge on any atom is -0.489 e. The predicted molar refractivity (Wildman–Crippen MR) is 166 cm³/mol. The number of carboxylic acids is 1. The van der Waals surface area contributed by atoms with Crippen molar-refractivity contribution in [3.8, 4) is 11.5 Å². The van der Waals surface area contributed by atoms with E-state index in [9.17, 15) is 4.79 Å². The Morgan fingerprint density at radius 3 is 2.27 bits per heavy atom. The first-order valence-electron chi connectivity index (χ1n) is 13.7. The third-order valence-electron chi connectivity index (χ3n) is 6.13. The summed E-state index contributed by atoms with van der Waals surface area (Å²) in [5.74, 6) is 4.39. The summed E-state index contributed by atoms with van der Waals surface area (Å²) < 4.78 is 27.0. The molecule has 0 aliphatic carbocycles. The fourth-order valence-electron chi connectivity index (χ4n) is 4.16. The van der Waals surface area contributed by atoms with Crippen LogP contribution in [0.4, 0.5) is 0 Å². The van der Waals surface area contributed by atoms with Crippen LogP contribution in [0.5, 0.6) is 11.5 Å². The van der Waals surface area contributed by atoms with Crippen LogP contribution in [-0.2, 0) is 20.8 Å². The Kier molecular flexibility index (Phi) is 13.5. The Hall–Kier alpha value is -2.24. The molecule has 2 heterocycles. The standard InChI is InChI=1S/C30H37NO6S3/c32-30(33)7-3-4-12-31-25-5-1-2-6-28(25)40-29(31)11-9-24-8-10-26-27(23-24)37-18-22-39-20-16-35-14-13-34-15-19-38-21-17-36-26/h1-2,5-6,8-11,23H,3-4,7,12-22H2/p+1/b11-9+. The summed E-state index contributed by atoms with van der Waals surface area (Å²) in [5, 5.41) is 10.1. The van der Waals surface area contributed by atoms with Crippen LogP contribution in [0.2, 0.25) is 0 Å². The summed E-state index contributed by atoms with van der Waals surface area (Å²) in [6.07, 6.45) is 5.92. The van der Waals surface area contributed by atoms with Crippen LogP contribution >= 0.6 is 34.9 Å². The number of carbonyl (C=O) groups is 1. The molecule has 10 heteroatoms. The van der Waals surface area contributed by atoms with Crippen molar-refractivity contribution in [2.45, 2.75) is 25.8 Å². The normalized spacial score (nSPS) is 16.5. The number of rotatable bonds is 7. The largest absolute Gasteiger partial charge is 0.489 e. The van der Waals surface area contributed by atoms with E-state index in [4.69, 9.17) is 24.1 Å². The number of thiazole rings is 1. The number of aryl methyl sites for hydroxylation is 1. The van der Waals surface area contributed by atoms with Crippen molar-refractivity contribution in [1.29, 1.82) is 0 Å². The summed E-state index contributed by atoms with van der Waals surface area (Å²) in [4.78, 5) is 10.9. The van der Waals surface area contributed by atoms with Crippen molar-refractivity contribution in [2.24, 2.45) is 0 Å². The van der Waals surface area contributed by atoms with E-state index >= 15 is 0 Å². The van der Waals surface area contributed by atoms with E-state index in [1.165, 1.54) is 10.2 Å². The maximum absolute atomic E-state index is 10.9. The molecule has 2 aromatic carbocycles. The number of ether oxygens (including phenoxy) is 4. The number of aliphatic carboxylic acids is 1. The van der Waals surface area contributed by atoms with Gasteiger partial charge in [-0.15, -0.1) is 0 Å². The highest BCUT2D eigenvalue weighted by Crippen LogP contribution is 2.30. The number of thioether (sulfide) groups is 2. The molecular weight excluding hydrogens is 567 g/mol. The van der Waals surface area contributed by atoms with Crippen molar-refractivity contribution in [3.63, 3.8) is 0 Å². The van der Waals surface area contributed by atoms with Gasteiger partial charge in [-0.2, -0.15) is 28.1 Å². The molecule has 0 fully saturated rings. The van der Waals surface area contributed by atoms with Crippen LogP contribution in [-0.4, -0.2) is 73.7 Å². The Morgan fingerprint density at radius 2 is 1.52 bits per heavy atom. The zero-order valence-corrected chi connectivity index (χ0v) is 25.2. The van der Waals surface area contributed by atoms with Gasteiger partial charge in [-0.3, -0.25) is 4.79 Å². The van der Waals surface area contributed by atoms with Gasteiger partial charge < -0.3 is 24.1 Å². The lowest BCUT2D eigenvalue weighted by Gasteiger charge is -2.14. The Balaban J connectivity index is 1.46. The topological polar surface area (TPSA) is 78.1 Å². The number of fused-ring (bicyclic) bond motifs is 2. The monoisotopic (exact) mass is 604 g/mol. The Labute approximate surface area is 248 Å². The number of aromatic nitrogens is 1. The molecule has 4 rings (SSSR count). The number of hydrogen-bond donors (Lipinski definition) is 1. The van der Waals surface area contributed by atoms with E-state index in [1.807, 2.05) is 41.7 Å². The molecule has 0 radical (unpaired) electrons. The fraction of sp³-hybridized carbons (Fsp3) is 0.467. The Bertz CT molecular complexity index is 1230. The molecular formula is C30H38NO6S3+. The van der Waals surface area contributed by atoms with Gasteiger partial charge >= 0.3 is 5.97 Å². The first kappa shape index (κ1) is 30.7. The van der Waals surface area contributed by atoms with Gasteiger partial charge in [-0.05, 0) is 36.3 Å². The molecule has 0 unspecified atom stereocenters. The number of benzene rings is 2. The van der Waals surface area contributed by atoms with Crippen LogP contribution in [0.25, 0.3) is 22.4 Å². The summed E-state index contributed by atoms with van der Waals surface area (Å²) >= 11 is 5.37. The van der Waals surface area contributed by atoms with Crippen molar-refractivity contribution in [2.75, 3.05) is 62.7 Å². The van der Waals surface area contributed by atoms with E-state index in [2.05, 4.69) is 41.0 Å². The van der Waals surface area contributed by atoms with Gasteiger partial charge in [-0.1, -0.05) is 29.5 Å². The lowest BCUT2D eigenvalue weighted by molar-refractivity contribution is -0.669. The van der Waals surface area contributed by atoms with Gasteiger partial charge in [0.05, 0.1) is 39.6 Å². The van der Waals surface area contributed by atoms with E-state index in [-0.39, 0.29) is 6.42 Å². The molecule has 40 heavy (non-hydrogen) atoms. The highest BCUT2D eigenvalue weighted by Gasteiger charge is 2.18. The number of para-hydroxylation sites is 1. The molecule has 0 saturated heterocycles. The average Bonchev–Trinajstić information content (AvgIpc) is 3.31. The molecule has 0 saturated carbocycles. The summed E-state index contributed by atoms with van der Waals surface area (Å²) in [6.45, 7) is 4.71. The van der Waals surface area contributed by atoms with Crippen molar-refractivity contribution in [3.05, 3.63) is 53.0 Å². The number of unbranched alkanes of at least 4 members (excludes halogenated alkanes) is 1. The molecule has 1 aromatic heterocycles. The van der Waals surface area contributed by atoms with Gasteiger partial charge in [0.25, 0.3) is 5.01 Å². The minimum atomic E-state index is -0.744. The lowest BCUT2D eigenvalue weighted by Crippen LogP contribution is -2.35. The summed E-state index contributed by atoms with van der Waals surface area (Å²) in [7, 11) is 0. The molecule has 0 atom stereocenters. The van der Waals surface area contributed by atoms with Gasteiger partial charge in [0.15, 0.2) is 18.0 Å². The van der Waals surface area contributed by atoms with Crippen molar-refractivity contribution >= 4 is 63.2 Å². The number of hydrogen-bond acceptors (Lipinski definition) is 8. The van der Waals surface area contributed by atoms with Crippen LogP contribution in [0.3, 0.4) is 0 Å². The third-order valence-corrected chi connectivity index (χ3v) is 9.08. The van der Waals surface area contributed by atoms with Crippen LogP contribution in [0.1, 0.15) is 29.8 Å². The van der Waals surface area contributed by atoms with Gasteiger partial charge in [-0.25, -0.2) is 0 Å². The van der Waals surface area contributed by atoms with E-state index in [0.29, 0.717) is 39.5 Å². The molecule has 216 valence electrons. The molecule has 0 bridgehead atoms. The van der Waals surface area contributed by atoms with Crippen LogP contribution < -0.4 is 14.0 Å². The molecule has 1 aliphatic heterocycles. The van der Waals surface area contributed by atoms with E-state index < -0.39 is 5.97 Å². The SMILES string of the molecule is O=C(O)CCCC[n+]1c(/C=C/c2ccc3c(c2)OCCSCCOCCOCCSCCO3)sc2ccccc21. The molecule has 0 amide bonds. The second-order valence-corrected chi connectivity index (χ2v) is 12.6. The molecule has 3 aromatic rings. The maximum atomic E-state index is 10.9. The average molecular weight is 605 g/mol. The molecule has 1 N–H and O–H groups in total. The molecule has 7 nitrogen and oxygen atoms in total. The number of carboxylic acid groups (broad SMARTS) is 1. The summed E-state index contributed by atoms with van der Waals surface area (Å²) in [5.41, 5.74) is 2.21. The maximum Gasteiger partial charge on any atom is 0.303 e. The van der Waals surface area contributed by atoms with Gasteiger partial charge in [0.1, 0.15) is 4.70 Å². The fourth-order valence-corrected chi connectivity index (χ4v) is 6.54. The highest BCUT2D eigenvalue weighted by molar-refractivity contribution is 7.99. The quantitative estimate of drug-likeness (QED) is 0.265. The van der Waals surface area contributed by atoms with E-state index in [1.54, 1.807) is 11.3 Å². The van der Waals surface area contributed by atoms with Crippen molar-refractivity contribution in [1.82, 2.24) is 0 Å². The highest BCUT2D eigenvalue weighted by atomic mass is 32.2. The summed E-state index contributed by atoms with van der Waals surface area (Å²) in [6, 6.07) is 14.4. The molecule has 1 aliphatic rings. The van der Waals surface area contributed by atoms with E-state index in [0.717, 1.165) is 64.7 Å². The van der Waals surface area contributed by atoms with Crippen molar-refractivity contribution < 1.29 is 33.4 Å². The molecule has 0 spiro atoms. The Morgan fingerprint density at radius 1 is 0.825 bits per heavy atom. The first-order chi connectivity index (χ1) is 19.7. The first-order valence-corrected chi connectivity index (χ1v) is 16.8. The third kappa shape index (κ3) is 10.3. The van der Waals surface area contributed by atoms with Gasteiger partial charge in [0.2, 0.25) is 5.52 Å². The van der Waals surface area contributed by atoms with Crippen LogP contribution in [0, 0.1) is 0 Å². The smallest absolute Gasteiger partial charge is 0.303 e. The number of nitrogens with zero attached hydrogens (tertiary/aromatic N) is 1. The zero-order valence-electron chi connectivity index (χ0n) is 22.8. The second kappa shape index (κ2) is 17.5. The lowest BCUT2D eigenvalue weighted by atomic mass is 10.2. The zero-order chi connectivity index (χ0) is 27.8. The van der Waals surface area contributed by atoms with Gasteiger partial charge in [0, 0.05) is 48.0 Å². The second-order valence-electron chi connectivity index (χ2n) is 9.10.